The van der Waals surface area contributed by atoms with Crippen molar-refractivity contribution in [3.8, 4) is 0 Å². The van der Waals surface area contributed by atoms with Crippen LogP contribution in [-0.4, -0.2) is 70.1 Å². The van der Waals surface area contributed by atoms with Crippen LogP contribution in [0.2, 0.25) is 0 Å². The third-order valence-electron chi connectivity index (χ3n) is 3.28. The lowest BCUT2D eigenvalue weighted by Gasteiger charge is -2.26. The summed E-state index contributed by atoms with van der Waals surface area (Å²) in [6.07, 6.45) is 1.56. The Labute approximate surface area is 115 Å². The van der Waals surface area contributed by atoms with Crippen molar-refractivity contribution < 1.29 is 9.90 Å². The number of β-amino-alcohol motifs (C(OH)–C–C–N with tert-alkyl or cyclic N) is 1. The van der Waals surface area contributed by atoms with E-state index in [0.717, 1.165) is 6.20 Å². The highest BCUT2D eigenvalue weighted by Gasteiger charge is 2.39. The number of likely N-dealkylation sites (N-methyl/N-ethyl adjacent to an activating group) is 1. The van der Waals surface area contributed by atoms with Crippen molar-refractivity contribution in [2.45, 2.75) is 12.0 Å². The lowest BCUT2D eigenvalue weighted by Crippen LogP contribution is -2.44. The molecule has 1 aliphatic rings. The zero-order chi connectivity index (χ0) is 14.9. The van der Waals surface area contributed by atoms with Gasteiger partial charge >= 0.3 is 5.69 Å². The largest absolute Gasteiger partial charge is 0.387 e. The lowest BCUT2D eigenvalue weighted by molar-refractivity contribution is 0.0236. The fourth-order valence-electron chi connectivity index (χ4n) is 2.49. The number of aromatic nitrogens is 2. The molecule has 8 heteroatoms. The molecule has 0 aromatic carbocycles. The molecule has 3 N–H and O–H groups in total. The lowest BCUT2D eigenvalue weighted by atomic mass is 10.0. The first-order valence-corrected chi connectivity index (χ1v) is 6.29. The quantitative estimate of drug-likeness (QED) is 0.606. The van der Waals surface area contributed by atoms with E-state index in [9.17, 15) is 19.5 Å². The molecule has 8 nitrogen and oxygen atoms in total. The van der Waals surface area contributed by atoms with Gasteiger partial charge in [0.25, 0.3) is 11.5 Å². The number of nitrogens with zero attached hydrogens (tertiary/aromatic N) is 2. The molecule has 1 unspecified atom stereocenters. The molecule has 1 aromatic heterocycles. The van der Waals surface area contributed by atoms with Crippen LogP contribution in [0.5, 0.6) is 0 Å². The van der Waals surface area contributed by atoms with Crippen molar-refractivity contribution in [1.29, 1.82) is 0 Å². The Bertz CT molecular complexity index is 620. The fraction of sp³-hybridized carbons (Fsp3) is 0.583. The van der Waals surface area contributed by atoms with E-state index in [1.165, 1.54) is 4.90 Å². The second kappa shape index (κ2) is 5.22. The van der Waals surface area contributed by atoms with Crippen molar-refractivity contribution in [3.05, 3.63) is 32.6 Å². The summed E-state index contributed by atoms with van der Waals surface area (Å²) in [5.41, 5.74) is -2.47. The average molecular weight is 282 g/mol. The van der Waals surface area contributed by atoms with Gasteiger partial charge in [0.1, 0.15) is 5.56 Å². The van der Waals surface area contributed by atoms with Gasteiger partial charge in [-0.15, -0.1) is 0 Å². The van der Waals surface area contributed by atoms with Crippen molar-refractivity contribution >= 4 is 5.91 Å². The van der Waals surface area contributed by atoms with E-state index >= 15 is 0 Å². The predicted octanol–water partition coefficient (Wildman–Crippen LogP) is -1.80. The molecule has 0 radical (unpaired) electrons. The molecule has 20 heavy (non-hydrogen) atoms. The van der Waals surface area contributed by atoms with Crippen LogP contribution in [0.1, 0.15) is 16.8 Å². The maximum Gasteiger partial charge on any atom is 0.325 e. The molecule has 1 saturated heterocycles. The number of rotatable bonds is 3. The van der Waals surface area contributed by atoms with Crippen LogP contribution >= 0.6 is 0 Å². The van der Waals surface area contributed by atoms with Crippen LogP contribution in [0.15, 0.2) is 15.8 Å². The van der Waals surface area contributed by atoms with E-state index in [-0.39, 0.29) is 12.1 Å². The Hall–Kier alpha value is -1.93. The van der Waals surface area contributed by atoms with Gasteiger partial charge in [-0.05, 0) is 20.5 Å². The number of H-pyrrole nitrogens is 2. The highest BCUT2D eigenvalue weighted by molar-refractivity contribution is 5.93. The molecular formula is C12H18N4O4. The van der Waals surface area contributed by atoms with E-state index in [1.54, 1.807) is 0 Å². The van der Waals surface area contributed by atoms with Crippen molar-refractivity contribution in [2.75, 3.05) is 33.7 Å². The standard InChI is InChI=1S/C12H18N4O4/c1-15(2)6-12(20)3-4-16(7-12)10(18)8-5-13-11(19)14-9(8)17/h5,20H,3-4,6-7H2,1-2H3,(H2,13,14,17,19). The number of hydrogen-bond acceptors (Lipinski definition) is 5. The zero-order valence-electron chi connectivity index (χ0n) is 11.5. The van der Waals surface area contributed by atoms with Crippen LogP contribution < -0.4 is 11.2 Å². The summed E-state index contributed by atoms with van der Waals surface area (Å²) in [5, 5.41) is 10.4. The van der Waals surface area contributed by atoms with E-state index in [0.29, 0.717) is 19.5 Å². The smallest absolute Gasteiger partial charge is 0.325 e. The monoisotopic (exact) mass is 282 g/mol. The molecule has 2 rings (SSSR count). The third kappa shape index (κ3) is 2.97. The normalized spacial score (nSPS) is 22.5. The van der Waals surface area contributed by atoms with Gasteiger partial charge in [0, 0.05) is 19.3 Å². The highest BCUT2D eigenvalue weighted by Crippen LogP contribution is 2.22. The van der Waals surface area contributed by atoms with Gasteiger partial charge in [-0.1, -0.05) is 0 Å². The van der Waals surface area contributed by atoms with E-state index < -0.39 is 22.8 Å². The van der Waals surface area contributed by atoms with E-state index in [2.05, 4.69) is 4.98 Å². The molecule has 2 heterocycles. The molecule has 110 valence electrons. The molecule has 1 aliphatic heterocycles. The van der Waals surface area contributed by atoms with Gasteiger partial charge in [-0.2, -0.15) is 0 Å². The van der Waals surface area contributed by atoms with Crippen molar-refractivity contribution in [3.63, 3.8) is 0 Å². The zero-order valence-corrected chi connectivity index (χ0v) is 11.5. The average Bonchev–Trinajstić information content (AvgIpc) is 2.69. The minimum absolute atomic E-state index is 0.126. The second-order valence-electron chi connectivity index (χ2n) is 5.42. The van der Waals surface area contributed by atoms with Crippen LogP contribution in [0.25, 0.3) is 0 Å². The summed E-state index contributed by atoms with van der Waals surface area (Å²) in [6.45, 7) is 0.989. The Morgan fingerprint density at radius 2 is 2.20 bits per heavy atom. The Balaban J connectivity index is 2.16. The number of nitrogens with one attached hydrogen (secondary N) is 2. The van der Waals surface area contributed by atoms with Gasteiger partial charge in [-0.3, -0.25) is 14.6 Å². The first kappa shape index (κ1) is 14.5. The SMILES string of the molecule is CN(C)CC1(O)CCN(C(=O)c2c[nH]c(=O)[nH]c2=O)C1. The molecule has 1 aromatic rings. The van der Waals surface area contributed by atoms with Crippen LogP contribution in [0.4, 0.5) is 0 Å². The summed E-state index contributed by atoms with van der Waals surface area (Å²) >= 11 is 0. The molecule has 0 aliphatic carbocycles. The molecule has 0 bridgehead atoms. The summed E-state index contributed by atoms with van der Waals surface area (Å²) in [7, 11) is 3.68. The molecular weight excluding hydrogens is 264 g/mol. The van der Waals surface area contributed by atoms with Gasteiger partial charge in [-0.25, -0.2) is 4.79 Å². The minimum atomic E-state index is -0.964. The number of aliphatic hydroxyl groups is 1. The summed E-state index contributed by atoms with van der Waals surface area (Å²) < 4.78 is 0. The molecule has 1 fully saturated rings. The minimum Gasteiger partial charge on any atom is -0.387 e. The number of hydrogen-bond donors (Lipinski definition) is 3. The first-order valence-electron chi connectivity index (χ1n) is 6.29. The second-order valence-corrected chi connectivity index (χ2v) is 5.42. The van der Waals surface area contributed by atoms with Gasteiger partial charge in [0.2, 0.25) is 0 Å². The van der Waals surface area contributed by atoms with Gasteiger partial charge in [0.05, 0.1) is 12.1 Å². The topological polar surface area (TPSA) is 110 Å². The molecule has 0 spiro atoms. The van der Waals surface area contributed by atoms with E-state index in [4.69, 9.17) is 0 Å². The Kier molecular flexibility index (Phi) is 3.78. The number of aromatic amines is 2. The summed E-state index contributed by atoms with van der Waals surface area (Å²) in [4.78, 5) is 42.3. The molecule has 1 amide bonds. The Morgan fingerprint density at radius 1 is 1.50 bits per heavy atom. The maximum atomic E-state index is 12.2. The predicted molar refractivity (Wildman–Crippen MR) is 71.7 cm³/mol. The fourth-order valence-corrected chi connectivity index (χ4v) is 2.49. The first-order chi connectivity index (χ1) is 9.31. The highest BCUT2D eigenvalue weighted by atomic mass is 16.3. The van der Waals surface area contributed by atoms with Gasteiger partial charge < -0.3 is 19.9 Å². The Morgan fingerprint density at radius 3 is 2.80 bits per heavy atom. The molecule has 0 saturated carbocycles. The number of carbonyl (C=O) groups is 1. The van der Waals surface area contributed by atoms with Crippen LogP contribution in [0, 0.1) is 0 Å². The summed E-state index contributed by atoms with van der Waals surface area (Å²) in [6, 6.07) is 0. The third-order valence-corrected chi connectivity index (χ3v) is 3.28. The van der Waals surface area contributed by atoms with Gasteiger partial charge in [0.15, 0.2) is 0 Å². The summed E-state index contributed by atoms with van der Waals surface area (Å²) in [5.74, 6) is -0.489. The van der Waals surface area contributed by atoms with E-state index in [1.807, 2.05) is 24.0 Å². The maximum absolute atomic E-state index is 12.2. The van der Waals surface area contributed by atoms with Crippen LogP contribution in [0.3, 0.4) is 0 Å². The number of likely N-dealkylation sites (tertiary alicyclic amines) is 1. The molecule has 1 atom stereocenters. The number of amides is 1. The van der Waals surface area contributed by atoms with Crippen molar-refractivity contribution in [2.24, 2.45) is 0 Å². The van der Waals surface area contributed by atoms with Crippen molar-refractivity contribution in [1.82, 2.24) is 19.8 Å². The number of carbonyl (C=O) groups excluding carboxylic acids is 1. The van der Waals surface area contributed by atoms with Crippen LogP contribution in [-0.2, 0) is 0 Å².